The summed E-state index contributed by atoms with van der Waals surface area (Å²) in [4.78, 5) is 28.0. The number of aromatic nitrogens is 2. The number of benzene rings is 1. The average Bonchev–Trinajstić information content (AvgIpc) is 2.68. The Labute approximate surface area is 154 Å². The Balaban J connectivity index is 1.90. The number of hydrogen-bond acceptors (Lipinski definition) is 6. The molecule has 0 atom stereocenters. The summed E-state index contributed by atoms with van der Waals surface area (Å²) in [5.74, 6) is -0.502. The molecule has 0 saturated carbocycles. The summed E-state index contributed by atoms with van der Waals surface area (Å²) in [6, 6.07) is 10.5. The van der Waals surface area contributed by atoms with Crippen molar-refractivity contribution in [2.24, 2.45) is 5.10 Å². The SMILES string of the molecule is CCn1cc(C(=O)O)c(=O)c2ccc(/C=N/Nc3ccc(OC)cc3)nc21. The first-order valence-electron chi connectivity index (χ1n) is 8.24. The van der Waals surface area contributed by atoms with Crippen LogP contribution in [0, 0.1) is 0 Å². The van der Waals surface area contributed by atoms with E-state index in [1.54, 1.807) is 23.8 Å². The van der Waals surface area contributed by atoms with E-state index in [9.17, 15) is 14.7 Å². The molecular formula is C19H18N4O4. The summed E-state index contributed by atoms with van der Waals surface area (Å²) in [6.07, 6.45) is 2.84. The molecule has 0 radical (unpaired) electrons. The van der Waals surface area contributed by atoms with E-state index in [4.69, 9.17) is 4.74 Å². The third-order valence-electron chi connectivity index (χ3n) is 3.99. The van der Waals surface area contributed by atoms with Gasteiger partial charge in [0.05, 0.1) is 30.1 Å². The topological polar surface area (TPSA) is 106 Å². The van der Waals surface area contributed by atoms with Crippen molar-refractivity contribution >= 4 is 28.9 Å². The number of nitrogens with one attached hydrogen (secondary N) is 1. The summed E-state index contributed by atoms with van der Waals surface area (Å²) < 4.78 is 6.73. The monoisotopic (exact) mass is 366 g/mol. The van der Waals surface area contributed by atoms with Gasteiger partial charge in [0.1, 0.15) is 17.0 Å². The smallest absolute Gasteiger partial charge is 0.341 e. The molecule has 138 valence electrons. The molecule has 27 heavy (non-hydrogen) atoms. The average molecular weight is 366 g/mol. The largest absolute Gasteiger partial charge is 0.497 e. The van der Waals surface area contributed by atoms with E-state index in [0.717, 1.165) is 11.4 Å². The molecule has 3 rings (SSSR count). The van der Waals surface area contributed by atoms with Gasteiger partial charge in [0.2, 0.25) is 5.43 Å². The van der Waals surface area contributed by atoms with Crippen LogP contribution in [-0.2, 0) is 6.54 Å². The van der Waals surface area contributed by atoms with Crippen LogP contribution in [0.1, 0.15) is 23.0 Å². The minimum atomic E-state index is -1.25. The molecule has 0 unspecified atom stereocenters. The normalized spacial score (nSPS) is 11.0. The second kappa shape index (κ2) is 7.69. The van der Waals surface area contributed by atoms with Crippen molar-refractivity contribution in [1.82, 2.24) is 9.55 Å². The number of pyridine rings is 2. The Morgan fingerprint density at radius 2 is 2.04 bits per heavy atom. The molecule has 0 aliphatic heterocycles. The fourth-order valence-corrected chi connectivity index (χ4v) is 2.58. The van der Waals surface area contributed by atoms with Crippen molar-refractivity contribution < 1.29 is 14.6 Å². The fraction of sp³-hybridized carbons (Fsp3) is 0.158. The molecule has 2 heterocycles. The summed E-state index contributed by atoms with van der Waals surface area (Å²) in [5, 5.41) is 13.6. The maximum atomic E-state index is 12.3. The highest BCUT2D eigenvalue weighted by molar-refractivity contribution is 5.92. The number of ether oxygens (including phenoxy) is 1. The van der Waals surface area contributed by atoms with E-state index in [1.165, 1.54) is 12.4 Å². The maximum Gasteiger partial charge on any atom is 0.341 e. The molecule has 0 bridgehead atoms. The molecule has 2 aromatic heterocycles. The van der Waals surface area contributed by atoms with Crippen LogP contribution < -0.4 is 15.6 Å². The van der Waals surface area contributed by atoms with Gasteiger partial charge in [-0.2, -0.15) is 5.10 Å². The van der Waals surface area contributed by atoms with Gasteiger partial charge in [0.25, 0.3) is 0 Å². The minimum Gasteiger partial charge on any atom is -0.497 e. The number of rotatable bonds is 6. The van der Waals surface area contributed by atoms with Gasteiger partial charge in [-0.05, 0) is 43.3 Å². The second-order valence-corrected chi connectivity index (χ2v) is 5.67. The van der Waals surface area contributed by atoms with Crippen LogP contribution in [0.2, 0.25) is 0 Å². The minimum absolute atomic E-state index is 0.261. The van der Waals surface area contributed by atoms with Crippen molar-refractivity contribution in [3.05, 3.63) is 64.1 Å². The standard InChI is InChI=1S/C19H18N4O4/c1-3-23-11-16(19(25)26)17(24)15-9-6-13(21-18(15)23)10-20-22-12-4-7-14(27-2)8-5-12/h4-11,22H,3H2,1-2H3,(H,25,26)/b20-10+. The van der Waals surface area contributed by atoms with Crippen LogP contribution in [0.15, 0.2) is 52.5 Å². The molecule has 8 nitrogen and oxygen atoms in total. The Hall–Kier alpha value is -3.68. The summed E-state index contributed by atoms with van der Waals surface area (Å²) in [6.45, 7) is 2.33. The van der Waals surface area contributed by atoms with Crippen LogP contribution >= 0.6 is 0 Å². The lowest BCUT2D eigenvalue weighted by Crippen LogP contribution is -2.19. The zero-order valence-electron chi connectivity index (χ0n) is 14.8. The highest BCUT2D eigenvalue weighted by Gasteiger charge is 2.14. The van der Waals surface area contributed by atoms with E-state index in [1.807, 2.05) is 31.2 Å². The van der Waals surface area contributed by atoms with Crippen molar-refractivity contribution in [3.8, 4) is 5.75 Å². The van der Waals surface area contributed by atoms with Gasteiger partial charge in [0.15, 0.2) is 0 Å². The fourth-order valence-electron chi connectivity index (χ4n) is 2.58. The lowest BCUT2D eigenvalue weighted by atomic mass is 10.2. The Bertz CT molecular complexity index is 1070. The molecule has 0 fully saturated rings. The van der Waals surface area contributed by atoms with Crippen molar-refractivity contribution in [2.75, 3.05) is 12.5 Å². The summed E-state index contributed by atoms with van der Waals surface area (Å²) in [5.41, 5.74) is 3.80. The van der Waals surface area contributed by atoms with Gasteiger partial charge in [-0.25, -0.2) is 9.78 Å². The summed E-state index contributed by atoms with van der Waals surface area (Å²) >= 11 is 0. The number of nitrogens with zero attached hydrogens (tertiary/aromatic N) is 3. The van der Waals surface area contributed by atoms with Gasteiger partial charge in [0, 0.05) is 12.7 Å². The molecule has 0 aliphatic rings. The van der Waals surface area contributed by atoms with Crippen LogP contribution in [0.3, 0.4) is 0 Å². The number of methoxy groups -OCH3 is 1. The third kappa shape index (κ3) is 3.79. The van der Waals surface area contributed by atoms with Crippen LogP contribution in [0.5, 0.6) is 5.75 Å². The molecule has 8 heteroatoms. The number of aryl methyl sites for hydroxylation is 1. The van der Waals surface area contributed by atoms with Crippen molar-refractivity contribution in [2.45, 2.75) is 13.5 Å². The highest BCUT2D eigenvalue weighted by atomic mass is 16.5. The highest BCUT2D eigenvalue weighted by Crippen LogP contribution is 2.15. The van der Waals surface area contributed by atoms with E-state index >= 15 is 0 Å². The van der Waals surface area contributed by atoms with Gasteiger partial charge >= 0.3 is 5.97 Å². The zero-order valence-corrected chi connectivity index (χ0v) is 14.8. The van der Waals surface area contributed by atoms with Crippen LogP contribution in [-0.4, -0.2) is 34.0 Å². The Kier molecular flexibility index (Phi) is 5.16. The second-order valence-electron chi connectivity index (χ2n) is 5.67. The molecule has 3 aromatic rings. The molecular weight excluding hydrogens is 348 g/mol. The number of anilines is 1. The first kappa shape index (κ1) is 18.1. The van der Waals surface area contributed by atoms with Crippen LogP contribution in [0.25, 0.3) is 11.0 Å². The van der Waals surface area contributed by atoms with Gasteiger partial charge in [-0.1, -0.05) is 0 Å². The number of carbonyl (C=O) groups is 1. The van der Waals surface area contributed by atoms with E-state index in [-0.39, 0.29) is 10.9 Å². The van der Waals surface area contributed by atoms with E-state index in [2.05, 4.69) is 15.5 Å². The van der Waals surface area contributed by atoms with Gasteiger partial charge < -0.3 is 14.4 Å². The number of hydrogen-bond donors (Lipinski definition) is 2. The number of carboxylic acid groups (broad SMARTS) is 1. The molecule has 0 spiro atoms. The molecule has 0 saturated heterocycles. The van der Waals surface area contributed by atoms with Crippen molar-refractivity contribution in [3.63, 3.8) is 0 Å². The Morgan fingerprint density at radius 1 is 1.30 bits per heavy atom. The van der Waals surface area contributed by atoms with E-state index < -0.39 is 11.4 Å². The molecule has 2 N–H and O–H groups in total. The quantitative estimate of drug-likeness (QED) is 0.513. The molecule has 0 amide bonds. The van der Waals surface area contributed by atoms with Crippen LogP contribution in [0.4, 0.5) is 5.69 Å². The zero-order chi connectivity index (χ0) is 19.4. The van der Waals surface area contributed by atoms with Gasteiger partial charge in [-0.3, -0.25) is 10.2 Å². The molecule has 0 aliphatic carbocycles. The molecule has 1 aromatic carbocycles. The number of carboxylic acids is 1. The Morgan fingerprint density at radius 3 is 2.67 bits per heavy atom. The van der Waals surface area contributed by atoms with E-state index in [0.29, 0.717) is 17.9 Å². The first-order valence-corrected chi connectivity index (χ1v) is 8.24. The predicted molar refractivity (Wildman–Crippen MR) is 103 cm³/mol. The van der Waals surface area contributed by atoms with Gasteiger partial charge in [-0.15, -0.1) is 0 Å². The summed E-state index contributed by atoms with van der Waals surface area (Å²) in [7, 11) is 1.60. The maximum absolute atomic E-state index is 12.3. The predicted octanol–water partition coefficient (Wildman–Crippen LogP) is 2.57. The number of hydrazone groups is 1. The first-order chi connectivity index (χ1) is 13.0. The lowest BCUT2D eigenvalue weighted by Gasteiger charge is -2.09. The number of aromatic carboxylic acids is 1. The number of fused-ring (bicyclic) bond motifs is 1. The third-order valence-corrected chi connectivity index (χ3v) is 3.99. The van der Waals surface area contributed by atoms with Crippen molar-refractivity contribution in [1.29, 1.82) is 0 Å². The lowest BCUT2D eigenvalue weighted by molar-refractivity contribution is 0.0695.